The second-order valence-electron chi connectivity index (χ2n) is 5.85. The van der Waals surface area contributed by atoms with Gasteiger partial charge in [0.05, 0.1) is 17.7 Å². The van der Waals surface area contributed by atoms with E-state index in [0.717, 1.165) is 24.9 Å². The molecular weight excluding hydrogens is 328 g/mol. The van der Waals surface area contributed by atoms with Gasteiger partial charge in [-0.25, -0.2) is 4.79 Å². The molecule has 2 aromatic rings. The average molecular weight is 349 g/mol. The van der Waals surface area contributed by atoms with Crippen LogP contribution in [-0.2, 0) is 11.3 Å². The van der Waals surface area contributed by atoms with Gasteiger partial charge in [0, 0.05) is 25.8 Å². The van der Waals surface area contributed by atoms with Crippen LogP contribution in [0.2, 0.25) is 5.02 Å². The largest absolute Gasteiger partial charge is 0.459 e. The zero-order valence-corrected chi connectivity index (χ0v) is 14.4. The minimum atomic E-state index is -0.0903. The van der Waals surface area contributed by atoms with Crippen molar-refractivity contribution >= 4 is 17.6 Å². The number of urea groups is 1. The number of benzene rings is 1. The van der Waals surface area contributed by atoms with Crippen LogP contribution in [0, 0.1) is 0 Å². The van der Waals surface area contributed by atoms with Crippen molar-refractivity contribution in [3.05, 3.63) is 47.2 Å². The second kappa shape index (κ2) is 7.73. The first kappa shape index (κ1) is 16.9. The lowest BCUT2D eigenvalue weighted by Gasteiger charge is -2.31. The molecule has 1 aliphatic heterocycles. The molecule has 1 aromatic heterocycles. The number of furan rings is 1. The van der Waals surface area contributed by atoms with Crippen LogP contribution in [0.1, 0.15) is 18.6 Å². The van der Waals surface area contributed by atoms with Crippen LogP contribution >= 0.6 is 11.6 Å². The summed E-state index contributed by atoms with van der Waals surface area (Å²) in [5.74, 6) is 1.39. The first-order chi connectivity index (χ1) is 11.7. The van der Waals surface area contributed by atoms with Gasteiger partial charge in [-0.3, -0.25) is 0 Å². The number of hydrogen-bond acceptors (Lipinski definition) is 3. The van der Waals surface area contributed by atoms with E-state index in [1.165, 1.54) is 0 Å². The quantitative estimate of drug-likeness (QED) is 0.911. The summed E-state index contributed by atoms with van der Waals surface area (Å²) in [5.41, 5.74) is 0.843. The molecule has 1 aromatic carbocycles. The summed E-state index contributed by atoms with van der Waals surface area (Å²) in [5, 5.41) is 3.54. The lowest BCUT2D eigenvalue weighted by atomic mass is 10.1. The van der Waals surface area contributed by atoms with Gasteiger partial charge in [0.1, 0.15) is 11.5 Å². The van der Waals surface area contributed by atoms with Crippen molar-refractivity contribution in [3.63, 3.8) is 0 Å². The number of methoxy groups -OCH3 is 1. The molecule has 0 radical (unpaired) electrons. The number of carbonyl (C=O) groups is 1. The number of piperidine rings is 1. The number of nitrogens with one attached hydrogen (secondary N) is 1. The number of nitrogens with zero attached hydrogens (tertiary/aromatic N) is 1. The highest BCUT2D eigenvalue weighted by Crippen LogP contribution is 2.29. The predicted octanol–water partition coefficient (Wildman–Crippen LogP) is 3.92. The molecule has 0 aliphatic carbocycles. The minimum Gasteiger partial charge on any atom is -0.459 e. The van der Waals surface area contributed by atoms with Crippen LogP contribution in [-0.4, -0.2) is 37.2 Å². The van der Waals surface area contributed by atoms with Gasteiger partial charge in [-0.05, 0) is 37.1 Å². The van der Waals surface area contributed by atoms with Gasteiger partial charge < -0.3 is 19.4 Å². The fourth-order valence-electron chi connectivity index (χ4n) is 2.87. The van der Waals surface area contributed by atoms with E-state index in [-0.39, 0.29) is 12.1 Å². The molecule has 3 rings (SSSR count). The van der Waals surface area contributed by atoms with Crippen molar-refractivity contribution in [1.82, 2.24) is 10.2 Å². The lowest BCUT2D eigenvalue weighted by molar-refractivity contribution is 0.0433. The molecule has 0 bridgehead atoms. The van der Waals surface area contributed by atoms with Crippen LogP contribution < -0.4 is 5.32 Å². The lowest BCUT2D eigenvalue weighted by Crippen LogP contribution is -2.47. The Morgan fingerprint density at radius 1 is 1.38 bits per heavy atom. The first-order valence-electron chi connectivity index (χ1n) is 8.06. The molecule has 0 spiro atoms. The molecule has 1 aliphatic rings. The topological polar surface area (TPSA) is 54.7 Å². The Kier molecular flexibility index (Phi) is 5.43. The summed E-state index contributed by atoms with van der Waals surface area (Å²) in [6.07, 6.45) is 2.09. The molecule has 1 N–H and O–H groups in total. The highest BCUT2D eigenvalue weighted by Gasteiger charge is 2.23. The van der Waals surface area contributed by atoms with Crippen LogP contribution in [0.5, 0.6) is 0 Å². The van der Waals surface area contributed by atoms with Gasteiger partial charge in [0.15, 0.2) is 0 Å². The van der Waals surface area contributed by atoms with Gasteiger partial charge in [-0.1, -0.05) is 23.7 Å². The third kappa shape index (κ3) is 3.91. The monoisotopic (exact) mass is 348 g/mol. The molecule has 1 saturated heterocycles. The van der Waals surface area contributed by atoms with Crippen LogP contribution in [0.15, 0.2) is 40.8 Å². The molecule has 128 valence electrons. The molecule has 6 heteroatoms. The summed E-state index contributed by atoms with van der Waals surface area (Å²) in [7, 11) is 1.69. The second-order valence-corrected chi connectivity index (χ2v) is 6.26. The van der Waals surface area contributed by atoms with E-state index >= 15 is 0 Å². The number of hydrogen-bond donors (Lipinski definition) is 1. The SMILES string of the molecule is CO[C@@H]1CCCN(C(=O)NCc2ccc(-c3ccccc3Cl)o2)C1. The van der Waals surface area contributed by atoms with Crippen molar-refractivity contribution < 1.29 is 13.9 Å². The van der Waals surface area contributed by atoms with Gasteiger partial charge in [0.2, 0.25) is 0 Å². The van der Waals surface area contributed by atoms with Crippen molar-refractivity contribution in [3.8, 4) is 11.3 Å². The van der Waals surface area contributed by atoms with E-state index in [1.54, 1.807) is 12.0 Å². The third-order valence-corrected chi connectivity index (χ3v) is 4.54. The van der Waals surface area contributed by atoms with Crippen molar-refractivity contribution in [1.29, 1.82) is 0 Å². The number of amides is 2. The molecule has 2 amide bonds. The Labute approximate surface area is 146 Å². The smallest absolute Gasteiger partial charge is 0.317 e. The van der Waals surface area contributed by atoms with Crippen LogP contribution in [0.25, 0.3) is 11.3 Å². The number of rotatable bonds is 4. The first-order valence-corrected chi connectivity index (χ1v) is 8.44. The highest BCUT2D eigenvalue weighted by atomic mass is 35.5. The molecule has 2 heterocycles. The highest BCUT2D eigenvalue weighted by molar-refractivity contribution is 6.33. The number of halogens is 1. The maximum absolute atomic E-state index is 12.3. The molecule has 5 nitrogen and oxygen atoms in total. The Morgan fingerprint density at radius 3 is 3.00 bits per heavy atom. The van der Waals surface area contributed by atoms with Crippen LogP contribution in [0.3, 0.4) is 0 Å². The van der Waals surface area contributed by atoms with E-state index in [0.29, 0.717) is 29.6 Å². The standard InChI is InChI=1S/C18H21ClN2O3/c1-23-14-5-4-10-21(12-14)18(22)20-11-13-8-9-17(24-13)15-6-2-3-7-16(15)19/h2-3,6-9,14H,4-5,10-12H2,1H3,(H,20,22)/t14-/m1/s1. The number of likely N-dealkylation sites (tertiary alicyclic amines) is 1. The van der Waals surface area contributed by atoms with E-state index in [2.05, 4.69) is 5.32 Å². The Bertz CT molecular complexity index is 701. The maximum Gasteiger partial charge on any atom is 0.317 e. The normalized spacial score (nSPS) is 17.8. The zero-order chi connectivity index (χ0) is 16.9. The van der Waals surface area contributed by atoms with Crippen molar-refractivity contribution in [2.24, 2.45) is 0 Å². The predicted molar refractivity (Wildman–Crippen MR) is 93.0 cm³/mol. The molecule has 24 heavy (non-hydrogen) atoms. The van der Waals surface area contributed by atoms with Crippen LogP contribution in [0.4, 0.5) is 4.79 Å². The average Bonchev–Trinajstić information content (AvgIpc) is 3.09. The fourth-order valence-corrected chi connectivity index (χ4v) is 3.10. The van der Waals surface area contributed by atoms with Gasteiger partial charge in [-0.15, -0.1) is 0 Å². The van der Waals surface area contributed by atoms with E-state index < -0.39 is 0 Å². The zero-order valence-electron chi connectivity index (χ0n) is 13.6. The Morgan fingerprint density at radius 2 is 2.21 bits per heavy atom. The van der Waals surface area contributed by atoms with Crippen molar-refractivity contribution in [2.75, 3.05) is 20.2 Å². The number of ether oxygens (including phenoxy) is 1. The molecular formula is C18H21ClN2O3. The Balaban J connectivity index is 1.57. The summed E-state index contributed by atoms with van der Waals surface area (Å²) in [6, 6.07) is 11.1. The summed E-state index contributed by atoms with van der Waals surface area (Å²) >= 11 is 6.18. The van der Waals surface area contributed by atoms with E-state index in [1.807, 2.05) is 36.4 Å². The molecule has 1 fully saturated rings. The van der Waals surface area contributed by atoms with Crippen molar-refractivity contribution in [2.45, 2.75) is 25.5 Å². The van der Waals surface area contributed by atoms with E-state index in [4.69, 9.17) is 20.8 Å². The summed E-state index contributed by atoms with van der Waals surface area (Å²) in [6.45, 7) is 1.73. The number of carbonyl (C=O) groups excluding carboxylic acids is 1. The summed E-state index contributed by atoms with van der Waals surface area (Å²) in [4.78, 5) is 14.0. The third-order valence-electron chi connectivity index (χ3n) is 4.21. The van der Waals surface area contributed by atoms with Gasteiger partial charge >= 0.3 is 6.03 Å². The molecule has 0 unspecified atom stereocenters. The molecule has 0 saturated carbocycles. The fraction of sp³-hybridized carbons (Fsp3) is 0.389. The Hall–Kier alpha value is -1.98. The summed E-state index contributed by atoms with van der Waals surface area (Å²) < 4.78 is 11.1. The minimum absolute atomic E-state index is 0.0903. The van der Waals surface area contributed by atoms with Gasteiger partial charge in [-0.2, -0.15) is 0 Å². The van der Waals surface area contributed by atoms with E-state index in [9.17, 15) is 4.79 Å². The molecule has 1 atom stereocenters. The maximum atomic E-state index is 12.3. The van der Waals surface area contributed by atoms with Gasteiger partial charge in [0.25, 0.3) is 0 Å².